The van der Waals surface area contributed by atoms with Gasteiger partial charge in [-0.2, -0.15) is 0 Å². The fourth-order valence-electron chi connectivity index (χ4n) is 4.12. The summed E-state index contributed by atoms with van der Waals surface area (Å²) >= 11 is 0. The molecule has 0 N–H and O–H groups in total. The molecule has 0 heterocycles. The van der Waals surface area contributed by atoms with Crippen molar-refractivity contribution in [3.63, 3.8) is 0 Å². The lowest BCUT2D eigenvalue weighted by Gasteiger charge is -2.14. The third-order valence-corrected chi connectivity index (χ3v) is 6.83. The minimum atomic E-state index is -0.591. The van der Waals surface area contributed by atoms with Crippen LogP contribution in [0.15, 0.2) is 24.3 Å². The van der Waals surface area contributed by atoms with Crippen LogP contribution in [0.2, 0.25) is 0 Å². The largest absolute Gasteiger partial charge is 0.460 e. The van der Waals surface area contributed by atoms with Crippen LogP contribution in [0.1, 0.15) is 99.8 Å². The molecule has 0 fully saturated rings. The minimum Gasteiger partial charge on any atom is -0.460 e. The molecule has 230 valence electrons. The number of ether oxygens (including phenoxy) is 6. The van der Waals surface area contributed by atoms with Crippen LogP contribution in [0.4, 0.5) is 0 Å². The number of hydrogen-bond acceptors (Lipinski definition) is 8. The van der Waals surface area contributed by atoms with Crippen molar-refractivity contribution in [1.82, 2.24) is 0 Å². The maximum atomic E-state index is 12.6. The number of unbranched alkanes of at least 4 members (excludes halogenated alkanes) is 2. The van der Waals surface area contributed by atoms with Gasteiger partial charge in [0.1, 0.15) is 13.2 Å². The topological polar surface area (TPSA) is 89.5 Å². The van der Waals surface area contributed by atoms with E-state index in [1.165, 1.54) is 38.5 Å². The first-order valence-corrected chi connectivity index (χ1v) is 15.3. The van der Waals surface area contributed by atoms with E-state index in [1.807, 2.05) is 0 Å². The van der Waals surface area contributed by atoms with E-state index in [1.54, 1.807) is 24.3 Å². The molecular formula is C32H54O8. The average molecular weight is 567 g/mol. The quantitative estimate of drug-likeness (QED) is 0.0927. The normalized spacial score (nSPS) is 12.7. The van der Waals surface area contributed by atoms with Crippen molar-refractivity contribution in [1.29, 1.82) is 0 Å². The first-order valence-electron chi connectivity index (χ1n) is 15.3. The van der Waals surface area contributed by atoms with E-state index in [2.05, 4.69) is 27.7 Å². The lowest BCUT2D eigenvalue weighted by Crippen LogP contribution is -2.18. The number of esters is 2. The molecule has 0 aromatic heterocycles. The van der Waals surface area contributed by atoms with E-state index in [0.717, 1.165) is 26.1 Å². The molecule has 1 aromatic carbocycles. The van der Waals surface area contributed by atoms with Crippen LogP contribution in [-0.2, 0) is 28.4 Å². The van der Waals surface area contributed by atoms with E-state index in [0.29, 0.717) is 38.3 Å². The Hall–Kier alpha value is -2.00. The van der Waals surface area contributed by atoms with Crippen molar-refractivity contribution >= 4 is 11.9 Å². The van der Waals surface area contributed by atoms with Gasteiger partial charge in [0.2, 0.25) is 0 Å². The molecule has 1 aromatic rings. The van der Waals surface area contributed by atoms with Crippen LogP contribution >= 0.6 is 0 Å². The Morgan fingerprint density at radius 3 is 1.32 bits per heavy atom. The first kappa shape index (κ1) is 36.0. The molecule has 0 aliphatic heterocycles. The lowest BCUT2D eigenvalue weighted by molar-refractivity contribution is 0.00628. The monoisotopic (exact) mass is 566 g/mol. The van der Waals surface area contributed by atoms with E-state index < -0.39 is 11.9 Å². The highest BCUT2D eigenvalue weighted by atomic mass is 16.6. The summed E-state index contributed by atoms with van der Waals surface area (Å²) in [7, 11) is 0. The molecule has 0 aliphatic rings. The molecule has 0 bridgehead atoms. The van der Waals surface area contributed by atoms with Gasteiger partial charge in [0.25, 0.3) is 0 Å². The SMILES string of the molecule is CCCCC(CC)COCCOCCOC(=O)c1ccccc1C(=O)OCCOCCOCC(CC)CCCC. The zero-order valence-electron chi connectivity index (χ0n) is 25.5. The van der Waals surface area contributed by atoms with Crippen molar-refractivity contribution in [2.75, 3.05) is 66.1 Å². The fourth-order valence-corrected chi connectivity index (χ4v) is 4.12. The van der Waals surface area contributed by atoms with Gasteiger partial charge in [0.15, 0.2) is 0 Å². The van der Waals surface area contributed by atoms with Crippen molar-refractivity contribution in [2.45, 2.75) is 79.1 Å². The highest BCUT2D eigenvalue weighted by Gasteiger charge is 2.19. The molecule has 0 saturated heterocycles. The van der Waals surface area contributed by atoms with Gasteiger partial charge < -0.3 is 28.4 Å². The minimum absolute atomic E-state index is 0.0871. The van der Waals surface area contributed by atoms with Crippen molar-refractivity contribution in [3.8, 4) is 0 Å². The van der Waals surface area contributed by atoms with E-state index >= 15 is 0 Å². The van der Waals surface area contributed by atoms with Gasteiger partial charge in [0, 0.05) is 13.2 Å². The van der Waals surface area contributed by atoms with Crippen molar-refractivity contribution in [3.05, 3.63) is 35.4 Å². The molecule has 0 aliphatic carbocycles. The summed E-state index contributed by atoms with van der Waals surface area (Å²) in [5, 5.41) is 0. The van der Waals surface area contributed by atoms with Crippen LogP contribution < -0.4 is 0 Å². The number of carbonyl (C=O) groups is 2. The zero-order valence-corrected chi connectivity index (χ0v) is 25.5. The predicted molar refractivity (Wildman–Crippen MR) is 157 cm³/mol. The molecule has 1 rings (SSSR count). The Bertz CT molecular complexity index is 706. The molecule has 0 radical (unpaired) electrons. The van der Waals surface area contributed by atoms with E-state index in [-0.39, 0.29) is 37.6 Å². The van der Waals surface area contributed by atoms with E-state index in [9.17, 15) is 9.59 Å². The summed E-state index contributed by atoms with van der Waals surface area (Å²) in [4.78, 5) is 25.1. The molecule has 8 nitrogen and oxygen atoms in total. The van der Waals surface area contributed by atoms with Crippen LogP contribution in [-0.4, -0.2) is 78.0 Å². The van der Waals surface area contributed by atoms with Crippen LogP contribution in [0, 0.1) is 11.8 Å². The van der Waals surface area contributed by atoms with Crippen LogP contribution in [0.25, 0.3) is 0 Å². The summed E-state index contributed by atoms with van der Waals surface area (Å²) in [6.07, 6.45) is 9.49. The molecule has 0 spiro atoms. The third-order valence-electron chi connectivity index (χ3n) is 6.83. The van der Waals surface area contributed by atoms with Gasteiger partial charge in [-0.1, -0.05) is 78.4 Å². The van der Waals surface area contributed by atoms with Crippen molar-refractivity contribution < 1.29 is 38.0 Å². The summed E-state index contributed by atoms with van der Waals surface area (Å²) < 4.78 is 33.0. The second-order valence-electron chi connectivity index (χ2n) is 10.0. The third kappa shape index (κ3) is 17.0. The Balaban J connectivity index is 2.21. The van der Waals surface area contributed by atoms with Crippen LogP contribution in [0.5, 0.6) is 0 Å². The van der Waals surface area contributed by atoms with Gasteiger partial charge in [-0.15, -0.1) is 0 Å². The number of carbonyl (C=O) groups excluding carboxylic acids is 2. The van der Waals surface area contributed by atoms with Gasteiger partial charge >= 0.3 is 11.9 Å². The second-order valence-corrected chi connectivity index (χ2v) is 10.0. The first-order chi connectivity index (χ1) is 19.6. The van der Waals surface area contributed by atoms with Gasteiger partial charge in [0.05, 0.1) is 50.8 Å². The van der Waals surface area contributed by atoms with E-state index in [4.69, 9.17) is 28.4 Å². The molecule has 0 saturated carbocycles. The zero-order chi connectivity index (χ0) is 29.3. The Morgan fingerprint density at radius 2 is 0.950 bits per heavy atom. The second kappa shape index (κ2) is 24.8. The summed E-state index contributed by atoms with van der Waals surface area (Å²) in [6, 6.07) is 6.46. The van der Waals surface area contributed by atoms with Crippen LogP contribution in [0.3, 0.4) is 0 Å². The maximum absolute atomic E-state index is 12.6. The Labute approximate surface area is 242 Å². The molecule has 8 heteroatoms. The summed E-state index contributed by atoms with van der Waals surface area (Å²) in [5.41, 5.74) is 0.327. The molecule has 2 unspecified atom stereocenters. The summed E-state index contributed by atoms with van der Waals surface area (Å²) in [5.74, 6) is 0.00983. The Kier molecular flexibility index (Phi) is 22.3. The Morgan fingerprint density at radius 1 is 0.575 bits per heavy atom. The lowest BCUT2D eigenvalue weighted by atomic mass is 10.0. The van der Waals surface area contributed by atoms with Gasteiger partial charge in [-0.3, -0.25) is 0 Å². The standard InChI is InChI=1S/C32H54O8/c1-5-9-13-27(7-3)25-37-19-17-35-21-23-39-31(33)29-15-11-12-16-30(29)32(34)40-24-22-36-18-20-38-26-28(8-4)14-10-6-2/h11-12,15-16,27-28H,5-10,13-14,17-26H2,1-4H3. The van der Waals surface area contributed by atoms with Gasteiger partial charge in [-0.25, -0.2) is 9.59 Å². The number of hydrogen-bond donors (Lipinski definition) is 0. The highest BCUT2D eigenvalue weighted by Crippen LogP contribution is 2.14. The molecule has 2 atom stereocenters. The smallest absolute Gasteiger partial charge is 0.339 e. The molecular weight excluding hydrogens is 512 g/mol. The maximum Gasteiger partial charge on any atom is 0.339 e. The summed E-state index contributed by atoms with van der Waals surface area (Å²) in [6.45, 7) is 12.9. The van der Waals surface area contributed by atoms with Gasteiger partial charge in [-0.05, 0) is 36.8 Å². The predicted octanol–water partition coefficient (Wildman–Crippen LogP) is 6.50. The van der Waals surface area contributed by atoms with Crippen molar-refractivity contribution in [2.24, 2.45) is 11.8 Å². The molecule has 0 amide bonds. The number of rotatable bonds is 26. The fraction of sp³-hybridized carbons (Fsp3) is 0.750. The molecule has 40 heavy (non-hydrogen) atoms. The average Bonchev–Trinajstić information content (AvgIpc) is 2.98. The number of benzene rings is 1. The highest BCUT2D eigenvalue weighted by molar-refractivity contribution is 6.03.